The first-order valence-electron chi connectivity index (χ1n) is 12.4. The minimum atomic E-state index is -0.167. The number of halogens is 1. The number of rotatable bonds is 6. The standard InChI is InChI=1S/C27H31ClN6O3/c1-31(2)16-25(35)32(3)18-7-9-19(10-8-18)34-15-24-22(5-4-12-33(24)27(34)37)30-26(36)17-6-11-20-21(28)14-29-23(20)13-17/h6-11,13-14,22,24,29H,4-5,12,15-16H2,1-3H3,(H,30,36)/t22-,24-/m1/s1. The van der Waals surface area contributed by atoms with Crippen molar-refractivity contribution in [2.24, 2.45) is 0 Å². The van der Waals surface area contributed by atoms with Crippen molar-refractivity contribution in [1.29, 1.82) is 0 Å². The summed E-state index contributed by atoms with van der Waals surface area (Å²) in [6, 6.07) is 12.5. The third-order valence-electron chi connectivity index (χ3n) is 7.21. The predicted molar refractivity (Wildman–Crippen MR) is 145 cm³/mol. The third kappa shape index (κ3) is 4.89. The van der Waals surface area contributed by atoms with Crippen molar-refractivity contribution in [3.05, 3.63) is 59.2 Å². The Balaban J connectivity index is 1.28. The normalized spacial score (nSPS) is 19.4. The van der Waals surface area contributed by atoms with Gasteiger partial charge in [0.25, 0.3) is 5.91 Å². The van der Waals surface area contributed by atoms with Gasteiger partial charge < -0.3 is 25.0 Å². The van der Waals surface area contributed by atoms with E-state index in [-0.39, 0.29) is 29.9 Å². The number of carbonyl (C=O) groups is 3. The largest absolute Gasteiger partial charge is 0.360 e. The zero-order valence-corrected chi connectivity index (χ0v) is 22.0. The quantitative estimate of drug-likeness (QED) is 0.518. The molecule has 4 amide bonds. The Morgan fingerprint density at radius 3 is 2.62 bits per heavy atom. The zero-order chi connectivity index (χ0) is 26.3. The lowest BCUT2D eigenvalue weighted by Gasteiger charge is -2.35. The summed E-state index contributed by atoms with van der Waals surface area (Å²) in [4.78, 5) is 48.9. The van der Waals surface area contributed by atoms with Gasteiger partial charge in [0, 0.05) is 47.6 Å². The van der Waals surface area contributed by atoms with Crippen molar-refractivity contribution in [3.63, 3.8) is 0 Å². The molecule has 2 aliphatic heterocycles. The molecule has 2 N–H and O–H groups in total. The molecule has 2 saturated heterocycles. The van der Waals surface area contributed by atoms with Crippen LogP contribution in [0, 0.1) is 0 Å². The van der Waals surface area contributed by atoms with Gasteiger partial charge in [-0.15, -0.1) is 0 Å². The van der Waals surface area contributed by atoms with Crippen LogP contribution in [0.5, 0.6) is 0 Å². The summed E-state index contributed by atoms with van der Waals surface area (Å²) in [5.74, 6) is -0.177. The van der Waals surface area contributed by atoms with Crippen LogP contribution < -0.4 is 15.1 Å². The van der Waals surface area contributed by atoms with E-state index in [1.165, 1.54) is 0 Å². The number of fused-ring (bicyclic) bond motifs is 2. The molecule has 0 bridgehead atoms. The molecule has 0 saturated carbocycles. The predicted octanol–water partition coefficient (Wildman–Crippen LogP) is 3.55. The molecule has 10 heteroatoms. The molecule has 2 fully saturated rings. The van der Waals surface area contributed by atoms with Gasteiger partial charge in [-0.3, -0.25) is 14.5 Å². The Hall–Kier alpha value is -3.56. The van der Waals surface area contributed by atoms with Gasteiger partial charge in [0.2, 0.25) is 5.91 Å². The fourth-order valence-electron chi connectivity index (χ4n) is 5.19. The number of likely N-dealkylation sites (N-methyl/N-ethyl adjacent to an activating group) is 2. The Bertz CT molecular complexity index is 1340. The van der Waals surface area contributed by atoms with Crippen molar-refractivity contribution in [3.8, 4) is 0 Å². The van der Waals surface area contributed by atoms with E-state index in [0.717, 1.165) is 35.1 Å². The van der Waals surface area contributed by atoms with Crippen LogP contribution >= 0.6 is 11.6 Å². The molecule has 194 valence electrons. The van der Waals surface area contributed by atoms with Gasteiger partial charge in [-0.25, -0.2) is 4.79 Å². The van der Waals surface area contributed by atoms with Crippen molar-refractivity contribution < 1.29 is 14.4 Å². The first-order chi connectivity index (χ1) is 17.7. The van der Waals surface area contributed by atoms with Crippen LogP contribution in [0.25, 0.3) is 10.9 Å². The van der Waals surface area contributed by atoms with Crippen LogP contribution in [0.4, 0.5) is 16.2 Å². The Labute approximate surface area is 220 Å². The van der Waals surface area contributed by atoms with E-state index >= 15 is 0 Å². The number of piperidine rings is 1. The molecule has 3 heterocycles. The number of nitrogens with one attached hydrogen (secondary N) is 2. The number of amides is 4. The second-order valence-electron chi connectivity index (χ2n) is 9.98. The Morgan fingerprint density at radius 2 is 1.89 bits per heavy atom. The van der Waals surface area contributed by atoms with Crippen LogP contribution in [-0.4, -0.2) is 85.5 Å². The van der Waals surface area contributed by atoms with E-state index in [9.17, 15) is 14.4 Å². The molecular weight excluding hydrogens is 492 g/mol. The minimum absolute atomic E-state index is 0.00998. The number of hydrogen-bond donors (Lipinski definition) is 2. The van der Waals surface area contributed by atoms with E-state index < -0.39 is 0 Å². The van der Waals surface area contributed by atoms with Gasteiger partial charge in [0.1, 0.15) is 0 Å². The van der Waals surface area contributed by atoms with Gasteiger partial charge in [0.15, 0.2) is 0 Å². The van der Waals surface area contributed by atoms with Crippen molar-refractivity contribution in [1.82, 2.24) is 20.1 Å². The maximum atomic E-state index is 13.3. The maximum Gasteiger partial charge on any atom is 0.324 e. The number of H-pyrrole nitrogens is 1. The van der Waals surface area contributed by atoms with Gasteiger partial charge >= 0.3 is 6.03 Å². The van der Waals surface area contributed by atoms with E-state index in [0.29, 0.717) is 30.2 Å². The molecule has 0 spiro atoms. The molecule has 2 aliphatic rings. The van der Waals surface area contributed by atoms with Crippen LogP contribution in [0.1, 0.15) is 23.2 Å². The lowest BCUT2D eigenvalue weighted by Crippen LogP contribution is -2.54. The van der Waals surface area contributed by atoms with Gasteiger partial charge in [0.05, 0.1) is 30.2 Å². The topological polar surface area (TPSA) is 92.0 Å². The fraction of sp³-hybridized carbons (Fsp3) is 0.370. The summed E-state index contributed by atoms with van der Waals surface area (Å²) in [5.41, 5.74) is 2.90. The highest BCUT2D eigenvalue weighted by Crippen LogP contribution is 2.31. The molecule has 37 heavy (non-hydrogen) atoms. The van der Waals surface area contributed by atoms with Crippen molar-refractivity contribution in [2.45, 2.75) is 24.9 Å². The monoisotopic (exact) mass is 522 g/mol. The molecule has 2 aromatic carbocycles. The highest BCUT2D eigenvalue weighted by molar-refractivity contribution is 6.35. The lowest BCUT2D eigenvalue weighted by atomic mass is 9.97. The summed E-state index contributed by atoms with van der Waals surface area (Å²) in [6.07, 6.45) is 3.34. The zero-order valence-electron chi connectivity index (χ0n) is 21.2. The molecule has 9 nitrogen and oxygen atoms in total. The average Bonchev–Trinajstić information content (AvgIpc) is 3.43. The molecule has 0 radical (unpaired) electrons. The highest BCUT2D eigenvalue weighted by Gasteiger charge is 2.44. The number of aromatic nitrogens is 1. The summed E-state index contributed by atoms with van der Waals surface area (Å²) < 4.78 is 0. The summed E-state index contributed by atoms with van der Waals surface area (Å²) in [6.45, 7) is 1.47. The van der Waals surface area contributed by atoms with Crippen molar-refractivity contribution in [2.75, 3.05) is 50.6 Å². The summed E-state index contributed by atoms with van der Waals surface area (Å²) >= 11 is 6.16. The maximum absolute atomic E-state index is 13.3. The minimum Gasteiger partial charge on any atom is -0.360 e. The molecule has 5 rings (SSSR count). The number of anilines is 2. The first kappa shape index (κ1) is 25.1. The van der Waals surface area contributed by atoms with E-state index in [1.54, 1.807) is 35.2 Å². The van der Waals surface area contributed by atoms with Crippen LogP contribution in [-0.2, 0) is 4.79 Å². The number of urea groups is 1. The molecule has 3 aromatic rings. The molecule has 1 aromatic heterocycles. The number of carbonyl (C=O) groups excluding carboxylic acids is 3. The summed E-state index contributed by atoms with van der Waals surface area (Å²) in [7, 11) is 5.46. The highest BCUT2D eigenvalue weighted by atomic mass is 35.5. The van der Waals surface area contributed by atoms with E-state index in [2.05, 4.69) is 10.3 Å². The Kier molecular flexibility index (Phi) is 6.83. The lowest BCUT2D eigenvalue weighted by molar-refractivity contribution is -0.118. The number of nitrogens with zero attached hydrogens (tertiary/aromatic N) is 4. The van der Waals surface area contributed by atoms with E-state index in [4.69, 9.17) is 11.6 Å². The number of benzene rings is 2. The second kappa shape index (κ2) is 10.1. The second-order valence-corrected chi connectivity index (χ2v) is 10.4. The van der Waals surface area contributed by atoms with Crippen LogP contribution in [0.15, 0.2) is 48.7 Å². The molecule has 2 atom stereocenters. The van der Waals surface area contributed by atoms with Crippen LogP contribution in [0.3, 0.4) is 0 Å². The first-order valence-corrected chi connectivity index (χ1v) is 12.8. The summed E-state index contributed by atoms with van der Waals surface area (Å²) in [5, 5.41) is 4.66. The molecule has 0 aliphatic carbocycles. The van der Waals surface area contributed by atoms with Gasteiger partial charge in [-0.2, -0.15) is 0 Å². The van der Waals surface area contributed by atoms with E-state index in [1.807, 2.05) is 54.2 Å². The fourth-order valence-corrected chi connectivity index (χ4v) is 5.40. The SMILES string of the molecule is CN(C)CC(=O)N(C)c1ccc(N2C[C@@H]3[C@H](NC(=O)c4ccc5c(Cl)c[nH]c5c4)CCCN3C2=O)cc1. The van der Waals surface area contributed by atoms with Gasteiger partial charge in [-0.05, 0) is 63.3 Å². The number of aromatic amines is 1. The van der Waals surface area contributed by atoms with Gasteiger partial charge in [-0.1, -0.05) is 17.7 Å². The molecule has 0 unspecified atom stereocenters. The Morgan fingerprint density at radius 1 is 1.14 bits per heavy atom. The number of hydrogen-bond acceptors (Lipinski definition) is 4. The third-order valence-corrected chi connectivity index (χ3v) is 7.52. The van der Waals surface area contributed by atoms with Crippen molar-refractivity contribution >= 4 is 51.7 Å². The average molecular weight is 523 g/mol. The molecular formula is C27H31ClN6O3. The van der Waals surface area contributed by atoms with Crippen LogP contribution in [0.2, 0.25) is 5.02 Å². The smallest absolute Gasteiger partial charge is 0.324 e.